The van der Waals surface area contributed by atoms with Crippen molar-refractivity contribution in [2.24, 2.45) is 0 Å². The van der Waals surface area contributed by atoms with E-state index in [9.17, 15) is 4.79 Å². The van der Waals surface area contributed by atoms with Crippen LogP contribution in [0.4, 0.5) is 11.4 Å². The minimum atomic E-state index is -0.285. The van der Waals surface area contributed by atoms with Crippen molar-refractivity contribution in [2.75, 3.05) is 11.1 Å². The Bertz CT molecular complexity index is 847. The van der Waals surface area contributed by atoms with E-state index >= 15 is 0 Å². The number of carbonyl (C=O) groups excluding carboxylic acids is 1. The third kappa shape index (κ3) is 3.35. The molecule has 23 heavy (non-hydrogen) atoms. The van der Waals surface area contributed by atoms with E-state index in [4.69, 9.17) is 5.73 Å². The standard InChI is InChI=1S/C18H16N4O/c1-12-17(18(23)21-15-8-3-2-4-9-15)22-16(11-20-12)13-6-5-7-14(19)10-13/h2-11H,19H2,1H3,(H,21,23). The van der Waals surface area contributed by atoms with Gasteiger partial charge in [0.2, 0.25) is 0 Å². The van der Waals surface area contributed by atoms with Gasteiger partial charge < -0.3 is 11.1 Å². The molecule has 0 aliphatic heterocycles. The van der Waals surface area contributed by atoms with E-state index in [0.717, 1.165) is 5.56 Å². The zero-order valence-electron chi connectivity index (χ0n) is 12.7. The normalized spacial score (nSPS) is 10.3. The first-order valence-corrected chi connectivity index (χ1v) is 7.19. The number of nitrogens with zero attached hydrogens (tertiary/aromatic N) is 2. The highest BCUT2D eigenvalue weighted by Crippen LogP contribution is 2.20. The fourth-order valence-electron chi connectivity index (χ4n) is 2.21. The largest absolute Gasteiger partial charge is 0.399 e. The predicted molar refractivity (Wildman–Crippen MR) is 91.0 cm³/mol. The molecule has 0 saturated carbocycles. The second-order valence-electron chi connectivity index (χ2n) is 5.13. The number of benzene rings is 2. The smallest absolute Gasteiger partial charge is 0.276 e. The Hall–Kier alpha value is -3.21. The van der Waals surface area contributed by atoms with Crippen molar-refractivity contribution in [2.45, 2.75) is 6.92 Å². The monoisotopic (exact) mass is 304 g/mol. The molecule has 5 nitrogen and oxygen atoms in total. The number of nitrogen functional groups attached to an aromatic ring is 1. The van der Waals surface area contributed by atoms with Gasteiger partial charge in [-0.05, 0) is 31.2 Å². The van der Waals surface area contributed by atoms with Gasteiger partial charge in [0, 0.05) is 16.9 Å². The number of aromatic nitrogens is 2. The van der Waals surface area contributed by atoms with Gasteiger partial charge in [0.05, 0.1) is 17.6 Å². The average molecular weight is 304 g/mol. The Morgan fingerprint density at radius 1 is 1.09 bits per heavy atom. The van der Waals surface area contributed by atoms with E-state index < -0.39 is 0 Å². The van der Waals surface area contributed by atoms with Crippen LogP contribution in [-0.4, -0.2) is 15.9 Å². The van der Waals surface area contributed by atoms with Gasteiger partial charge in [-0.15, -0.1) is 0 Å². The number of rotatable bonds is 3. The van der Waals surface area contributed by atoms with Crippen LogP contribution in [-0.2, 0) is 0 Å². The minimum Gasteiger partial charge on any atom is -0.399 e. The number of nitrogens with two attached hydrogens (primary N) is 1. The van der Waals surface area contributed by atoms with Gasteiger partial charge in [0.15, 0.2) is 0 Å². The van der Waals surface area contributed by atoms with Gasteiger partial charge in [-0.25, -0.2) is 4.98 Å². The summed E-state index contributed by atoms with van der Waals surface area (Å²) in [4.78, 5) is 21.2. The molecule has 0 bridgehead atoms. The third-order valence-electron chi connectivity index (χ3n) is 3.38. The number of hydrogen-bond acceptors (Lipinski definition) is 4. The van der Waals surface area contributed by atoms with Crippen LogP contribution in [0, 0.1) is 6.92 Å². The zero-order valence-corrected chi connectivity index (χ0v) is 12.7. The second kappa shape index (κ2) is 6.27. The second-order valence-corrected chi connectivity index (χ2v) is 5.13. The molecule has 2 aromatic carbocycles. The van der Waals surface area contributed by atoms with Crippen molar-refractivity contribution in [3.05, 3.63) is 72.2 Å². The molecule has 5 heteroatoms. The maximum atomic E-state index is 12.4. The SMILES string of the molecule is Cc1ncc(-c2cccc(N)c2)nc1C(=O)Nc1ccccc1. The van der Waals surface area contributed by atoms with Gasteiger partial charge in [-0.1, -0.05) is 30.3 Å². The molecule has 3 N–H and O–H groups in total. The lowest BCUT2D eigenvalue weighted by Gasteiger charge is -2.09. The maximum absolute atomic E-state index is 12.4. The topological polar surface area (TPSA) is 80.9 Å². The molecule has 1 amide bonds. The highest BCUT2D eigenvalue weighted by atomic mass is 16.1. The summed E-state index contributed by atoms with van der Waals surface area (Å²) in [7, 11) is 0. The van der Waals surface area contributed by atoms with Crippen LogP contribution in [0.1, 0.15) is 16.2 Å². The van der Waals surface area contributed by atoms with E-state index in [0.29, 0.717) is 28.5 Å². The fraction of sp³-hybridized carbons (Fsp3) is 0.0556. The van der Waals surface area contributed by atoms with Crippen LogP contribution in [0.2, 0.25) is 0 Å². The van der Waals surface area contributed by atoms with Gasteiger partial charge in [0.25, 0.3) is 5.91 Å². The molecule has 114 valence electrons. The average Bonchev–Trinajstić information content (AvgIpc) is 2.56. The van der Waals surface area contributed by atoms with Gasteiger partial charge in [-0.3, -0.25) is 9.78 Å². The lowest BCUT2D eigenvalue weighted by molar-refractivity contribution is 0.102. The summed E-state index contributed by atoms with van der Waals surface area (Å²) < 4.78 is 0. The first-order chi connectivity index (χ1) is 11.1. The summed E-state index contributed by atoms with van der Waals surface area (Å²) in [6.45, 7) is 1.76. The molecule has 0 radical (unpaired) electrons. The Kier molecular flexibility index (Phi) is 4.01. The van der Waals surface area contributed by atoms with E-state index in [-0.39, 0.29) is 5.91 Å². The number of para-hydroxylation sites is 1. The number of amides is 1. The van der Waals surface area contributed by atoms with Gasteiger partial charge >= 0.3 is 0 Å². The number of carbonyl (C=O) groups is 1. The minimum absolute atomic E-state index is 0.285. The molecule has 0 saturated heterocycles. The third-order valence-corrected chi connectivity index (χ3v) is 3.38. The van der Waals surface area contributed by atoms with Crippen molar-refractivity contribution in [3.8, 4) is 11.3 Å². The fourth-order valence-corrected chi connectivity index (χ4v) is 2.21. The van der Waals surface area contributed by atoms with Crippen LogP contribution in [0.25, 0.3) is 11.3 Å². The quantitative estimate of drug-likeness (QED) is 0.728. The zero-order chi connectivity index (χ0) is 16.2. The Labute approximate surface area is 134 Å². The number of nitrogens with one attached hydrogen (secondary N) is 1. The predicted octanol–water partition coefficient (Wildman–Crippen LogP) is 3.29. The summed E-state index contributed by atoms with van der Waals surface area (Å²) in [5, 5.41) is 2.82. The Balaban J connectivity index is 1.93. The summed E-state index contributed by atoms with van der Waals surface area (Å²) in [6.07, 6.45) is 1.64. The van der Waals surface area contributed by atoms with E-state index in [1.165, 1.54) is 0 Å². The van der Waals surface area contributed by atoms with Crippen LogP contribution >= 0.6 is 0 Å². The number of anilines is 2. The van der Waals surface area contributed by atoms with Crippen LogP contribution in [0.5, 0.6) is 0 Å². The van der Waals surface area contributed by atoms with E-state index in [1.54, 1.807) is 25.3 Å². The maximum Gasteiger partial charge on any atom is 0.276 e. The molecule has 3 rings (SSSR count). The number of hydrogen-bond donors (Lipinski definition) is 2. The molecule has 1 heterocycles. The highest BCUT2D eigenvalue weighted by molar-refractivity contribution is 6.03. The van der Waals surface area contributed by atoms with Crippen molar-refractivity contribution >= 4 is 17.3 Å². The van der Waals surface area contributed by atoms with Crippen LogP contribution < -0.4 is 11.1 Å². The molecular formula is C18H16N4O. The molecule has 0 aliphatic carbocycles. The first kappa shape index (κ1) is 14.7. The lowest BCUT2D eigenvalue weighted by Crippen LogP contribution is -2.16. The van der Waals surface area contributed by atoms with Crippen molar-refractivity contribution in [3.63, 3.8) is 0 Å². The molecule has 0 fully saturated rings. The van der Waals surface area contributed by atoms with Crippen LogP contribution in [0.15, 0.2) is 60.8 Å². The van der Waals surface area contributed by atoms with E-state index in [2.05, 4.69) is 15.3 Å². The van der Waals surface area contributed by atoms with Gasteiger partial charge in [-0.2, -0.15) is 0 Å². The molecule has 1 aromatic heterocycles. The van der Waals surface area contributed by atoms with Crippen molar-refractivity contribution in [1.29, 1.82) is 0 Å². The van der Waals surface area contributed by atoms with Crippen LogP contribution in [0.3, 0.4) is 0 Å². The van der Waals surface area contributed by atoms with Crippen molar-refractivity contribution in [1.82, 2.24) is 9.97 Å². The highest BCUT2D eigenvalue weighted by Gasteiger charge is 2.14. The van der Waals surface area contributed by atoms with E-state index in [1.807, 2.05) is 42.5 Å². The molecule has 0 atom stereocenters. The Morgan fingerprint density at radius 3 is 2.61 bits per heavy atom. The number of aryl methyl sites for hydroxylation is 1. The molecule has 0 spiro atoms. The molecular weight excluding hydrogens is 288 g/mol. The molecule has 0 aliphatic rings. The molecule has 0 unspecified atom stereocenters. The van der Waals surface area contributed by atoms with Gasteiger partial charge in [0.1, 0.15) is 5.69 Å². The first-order valence-electron chi connectivity index (χ1n) is 7.19. The van der Waals surface area contributed by atoms with Crippen molar-refractivity contribution < 1.29 is 4.79 Å². The summed E-state index contributed by atoms with van der Waals surface area (Å²) >= 11 is 0. The summed E-state index contributed by atoms with van der Waals surface area (Å²) in [5.74, 6) is -0.285. The molecule has 3 aromatic rings. The summed E-state index contributed by atoms with van der Waals surface area (Å²) in [6, 6.07) is 16.6. The summed E-state index contributed by atoms with van der Waals surface area (Å²) in [5.41, 5.74) is 9.47. The lowest BCUT2D eigenvalue weighted by atomic mass is 10.1. The Morgan fingerprint density at radius 2 is 1.87 bits per heavy atom.